The summed E-state index contributed by atoms with van der Waals surface area (Å²) in [6.45, 7) is 2.21. The van der Waals surface area contributed by atoms with Crippen LogP contribution in [0.1, 0.15) is 44.1 Å². The van der Waals surface area contributed by atoms with Crippen LogP contribution in [0.2, 0.25) is 0 Å². The Hall–Kier alpha value is -3.48. The first-order valence-corrected chi connectivity index (χ1v) is 11.5. The molecule has 1 fully saturated rings. The number of nitrogens with zero attached hydrogens (tertiary/aromatic N) is 3. The number of nitrogens with one attached hydrogen (secondary N) is 2. The number of anilines is 1. The summed E-state index contributed by atoms with van der Waals surface area (Å²) in [4.78, 5) is 7.68. The molecule has 2 N–H and O–H groups in total. The van der Waals surface area contributed by atoms with Gasteiger partial charge < -0.3 is 15.0 Å². The molecule has 0 radical (unpaired) electrons. The number of H-pyrrole nitrogens is 1. The van der Waals surface area contributed by atoms with E-state index in [0.717, 1.165) is 53.7 Å². The van der Waals surface area contributed by atoms with Gasteiger partial charge >= 0.3 is 0 Å². The molecule has 2 heterocycles. The summed E-state index contributed by atoms with van der Waals surface area (Å²) in [6, 6.07) is 14.9. The van der Waals surface area contributed by atoms with Gasteiger partial charge in [-0.3, -0.25) is 4.98 Å². The maximum atomic E-state index is 13.8. The number of hydrogen-bond donors (Lipinski definition) is 2. The topological polar surface area (TPSA) is 75.7 Å². The van der Waals surface area contributed by atoms with Crippen molar-refractivity contribution < 1.29 is 9.13 Å². The van der Waals surface area contributed by atoms with Crippen molar-refractivity contribution in [2.75, 3.05) is 12.4 Å². The van der Waals surface area contributed by atoms with Crippen molar-refractivity contribution in [3.05, 3.63) is 66.1 Å². The van der Waals surface area contributed by atoms with Crippen molar-refractivity contribution in [1.82, 2.24) is 20.2 Å². The van der Waals surface area contributed by atoms with E-state index in [1.54, 1.807) is 19.2 Å². The molecule has 0 bridgehead atoms. The average molecular weight is 446 g/mol. The third-order valence-electron chi connectivity index (χ3n) is 6.87. The number of aromatic nitrogens is 4. The lowest BCUT2D eigenvalue weighted by Crippen LogP contribution is -2.29. The van der Waals surface area contributed by atoms with E-state index in [1.165, 1.54) is 11.6 Å². The number of ether oxygens (including phenoxy) is 1. The van der Waals surface area contributed by atoms with E-state index in [-0.39, 0.29) is 11.9 Å². The minimum Gasteiger partial charge on any atom is -0.497 e. The van der Waals surface area contributed by atoms with E-state index in [9.17, 15) is 4.39 Å². The fourth-order valence-electron chi connectivity index (χ4n) is 4.97. The van der Waals surface area contributed by atoms with Gasteiger partial charge in [-0.15, -0.1) is 10.2 Å². The lowest BCUT2D eigenvalue weighted by molar-refractivity contribution is 0.301. The molecule has 7 heteroatoms. The van der Waals surface area contributed by atoms with Crippen molar-refractivity contribution in [3.8, 4) is 17.1 Å². The second-order valence-electron chi connectivity index (χ2n) is 8.86. The van der Waals surface area contributed by atoms with E-state index in [4.69, 9.17) is 4.74 Å². The summed E-state index contributed by atoms with van der Waals surface area (Å²) in [7, 11) is 1.65. The van der Waals surface area contributed by atoms with E-state index in [2.05, 4.69) is 38.5 Å². The second kappa shape index (κ2) is 9.17. The van der Waals surface area contributed by atoms with Crippen LogP contribution in [-0.4, -0.2) is 33.3 Å². The van der Waals surface area contributed by atoms with Crippen LogP contribution in [0.4, 0.5) is 10.3 Å². The molecular formula is C26H28FN5O. The van der Waals surface area contributed by atoms with Crippen LogP contribution < -0.4 is 10.1 Å². The Kier molecular flexibility index (Phi) is 5.94. The minimum atomic E-state index is -0.204. The predicted molar refractivity (Wildman–Crippen MR) is 128 cm³/mol. The smallest absolute Gasteiger partial charge is 0.222 e. The fraction of sp³-hybridized carbons (Fsp3) is 0.346. The van der Waals surface area contributed by atoms with Crippen molar-refractivity contribution >= 4 is 16.9 Å². The molecule has 0 amide bonds. The summed E-state index contributed by atoms with van der Waals surface area (Å²) in [5.74, 6) is 3.00. The van der Waals surface area contributed by atoms with Crippen LogP contribution in [0, 0.1) is 11.7 Å². The number of rotatable bonds is 6. The van der Waals surface area contributed by atoms with Gasteiger partial charge in [0.2, 0.25) is 5.95 Å². The van der Waals surface area contributed by atoms with E-state index in [1.807, 2.05) is 30.5 Å². The lowest BCUT2D eigenvalue weighted by Gasteiger charge is -2.33. The summed E-state index contributed by atoms with van der Waals surface area (Å²) < 4.78 is 19.1. The molecule has 4 aromatic rings. The maximum Gasteiger partial charge on any atom is 0.222 e. The Morgan fingerprint density at radius 2 is 1.82 bits per heavy atom. The molecule has 5 rings (SSSR count). The van der Waals surface area contributed by atoms with E-state index in [0.29, 0.717) is 17.8 Å². The number of halogens is 1. The van der Waals surface area contributed by atoms with Crippen molar-refractivity contribution in [1.29, 1.82) is 0 Å². The molecular weight excluding hydrogens is 417 g/mol. The van der Waals surface area contributed by atoms with Crippen molar-refractivity contribution in [3.63, 3.8) is 0 Å². The van der Waals surface area contributed by atoms with Gasteiger partial charge in [0.25, 0.3) is 0 Å². The van der Waals surface area contributed by atoms with Gasteiger partial charge in [-0.25, -0.2) is 4.39 Å². The van der Waals surface area contributed by atoms with E-state index < -0.39 is 0 Å². The SMILES string of the molecule is COc1ccc(-c2nnc(N[C@H](C)[C@H]3CC[C@@H](c4ccnc5ccc(F)cc54)CC3)[nH]2)cc1. The molecule has 1 atom stereocenters. The third-order valence-corrected chi connectivity index (χ3v) is 6.87. The zero-order chi connectivity index (χ0) is 22.8. The molecule has 33 heavy (non-hydrogen) atoms. The molecule has 2 aromatic heterocycles. The summed E-state index contributed by atoms with van der Waals surface area (Å²) in [5, 5.41) is 13.0. The molecule has 0 aliphatic heterocycles. The Balaban J connectivity index is 1.21. The van der Waals surface area contributed by atoms with Gasteiger partial charge in [0.15, 0.2) is 5.82 Å². The Morgan fingerprint density at radius 3 is 2.58 bits per heavy atom. The Bertz CT molecular complexity index is 1230. The van der Waals surface area contributed by atoms with Gasteiger partial charge in [-0.1, -0.05) is 0 Å². The van der Waals surface area contributed by atoms with Crippen LogP contribution in [-0.2, 0) is 0 Å². The number of fused-ring (bicyclic) bond motifs is 1. The maximum absolute atomic E-state index is 13.8. The number of aromatic amines is 1. The van der Waals surface area contributed by atoms with Gasteiger partial charge in [0, 0.05) is 23.2 Å². The zero-order valence-corrected chi connectivity index (χ0v) is 18.9. The highest BCUT2D eigenvalue weighted by Gasteiger charge is 2.27. The highest BCUT2D eigenvalue weighted by Crippen LogP contribution is 2.39. The largest absolute Gasteiger partial charge is 0.497 e. The van der Waals surface area contributed by atoms with Crippen LogP contribution >= 0.6 is 0 Å². The quantitative estimate of drug-likeness (QED) is 0.384. The fourth-order valence-corrected chi connectivity index (χ4v) is 4.97. The van der Waals surface area contributed by atoms with Crippen LogP contribution in [0.3, 0.4) is 0 Å². The minimum absolute atomic E-state index is 0.204. The summed E-state index contributed by atoms with van der Waals surface area (Å²) in [5.41, 5.74) is 3.05. The standard InChI is InChI=1S/C26H28FN5O/c1-16(29-26-30-25(31-32-26)19-7-10-21(33-2)11-8-19)17-3-5-18(6-4-17)22-13-14-28-24-12-9-20(27)15-23(22)24/h7-18H,3-6H2,1-2H3,(H2,29,30,31,32)/t16-,17-,18+/m1/s1. The van der Waals surface area contributed by atoms with Crippen molar-refractivity contribution in [2.45, 2.75) is 44.6 Å². The second-order valence-corrected chi connectivity index (χ2v) is 8.86. The first kappa shape index (κ1) is 21.4. The molecule has 1 aliphatic carbocycles. The highest BCUT2D eigenvalue weighted by molar-refractivity contribution is 5.82. The first-order chi connectivity index (χ1) is 16.1. The molecule has 2 aromatic carbocycles. The van der Waals surface area contributed by atoms with Gasteiger partial charge in [0.1, 0.15) is 11.6 Å². The summed E-state index contributed by atoms with van der Waals surface area (Å²) in [6.07, 6.45) is 6.23. The number of benzene rings is 2. The molecule has 170 valence electrons. The Morgan fingerprint density at radius 1 is 1.03 bits per heavy atom. The summed E-state index contributed by atoms with van der Waals surface area (Å²) >= 11 is 0. The molecule has 0 unspecified atom stereocenters. The number of methoxy groups -OCH3 is 1. The predicted octanol–water partition coefficient (Wildman–Crippen LogP) is 5.94. The Labute approximate surface area is 192 Å². The van der Waals surface area contributed by atoms with E-state index >= 15 is 0 Å². The first-order valence-electron chi connectivity index (χ1n) is 11.5. The zero-order valence-electron chi connectivity index (χ0n) is 18.9. The van der Waals surface area contributed by atoms with Crippen molar-refractivity contribution in [2.24, 2.45) is 5.92 Å². The van der Waals surface area contributed by atoms with Gasteiger partial charge in [-0.05, 0) is 98.5 Å². The van der Waals surface area contributed by atoms with Crippen LogP contribution in [0.15, 0.2) is 54.7 Å². The molecule has 6 nitrogen and oxygen atoms in total. The highest BCUT2D eigenvalue weighted by atomic mass is 19.1. The van der Waals surface area contributed by atoms with Crippen LogP contribution in [0.25, 0.3) is 22.3 Å². The normalized spacial score (nSPS) is 19.4. The van der Waals surface area contributed by atoms with Gasteiger partial charge in [-0.2, -0.15) is 0 Å². The molecule has 1 aliphatic rings. The average Bonchev–Trinajstić information content (AvgIpc) is 3.32. The lowest BCUT2D eigenvalue weighted by atomic mass is 9.75. The van der Waals surface area contributed by atoms with Crippen LogP contribution in [0.5, 0.6) is 5.75 Å². The monoisotopic (exact) mass is 445 g/mol. The van der Waals surface area contributed by atoms with Gasteiger partial charge in [0.05, 0.1) is 12.6 Å². The number of hydrogen-bond acceptors (Lipinski definition) is 5. The third kappa shape index (κ3) is 4.53. The molecule has 0 saturated heterocycles. The molecule has 1 saturated carbocycles. The number of pyridine rings is 1. The molecule has 0 spiro atoms.